The smallest absolute Gasteiger partial charge is 0.248 e. The van der Waals surface area contributed by atoms with Crippen LogP contribution in [-0.4, -0.2) is 13.5 Å². The van der Waals surface area contributed by atoms with E-state index >= 15 is 0 Å². The summed E-state index contributed by atoms with van der Waals surface area (Å²) in [6, 6.07) is 7.73. The summed E-state index contributed by atoms with van der Waals surface area (Å²) in [5.74, 6) is 0.625. The van der Waals surface area contributed by atoms with Crippen LogP contribution in [0.25, 0.3) is 11.0 Å². The lowest BCUT2D eigenvalue weighted by Gasteiger charge is -2.16. The van der Waals surface area contributed by atoms with Crippen molar-refractivity contribution in [2.75, 3.05) is 0 Å². The number of rotatable bonds is 2. The molecule has 2 aromatic rings. The fraction of sp³-hybridized carbons (Fsp3) is 0.300. The lowest BCUT2D eigenvalue weighted by Crippen LogP contribution is -2.29. The molecule has 0 bridgehead atoms. The molecule has 0 amide bonds. The van der Waals surface area contributed by atoms with Crippen molar-refractivity contribution in [1.29, 1.82) is 0 Å². The molecule has 0 saturated carbocycles. The van der Waals surface area contributed by atoms with Crippen LogP contribution in [0.1, 0.15) is 0 Å². The van der Waals surface area contributed by atoms with Crippen LogP contribution in [0.4, 0.5) is 0 Å². The largest absolute Gasteiger partial charge is 0.529 e. The molecule has 1 aromatic heterocycles. The van der Waals surface area contributed by atoms with Crippen molar-refractivity contribution < 1.29 is 8.95 Å². The highest BCUT2D eigenvalue weighted by Gasteiger charge is 2.20. The normalized spacial score (nSPS) is 11.9. The van der Waals surface area contributed by atoms with Gasteiger partial charge in [-0.25, -0.2) is 0 Å². The fourth-order valence-electron chi connectivity index (χ4n) is 1.23. The molecule has 3 nitrogen and oxygen atoms in total. The van der Waals surface area contributed by atoms with Gasteiger partial charge in [-0.1, -0.05) is 12.1 Å². The minimum absolute atomic E-state index is 0.625. The van der Waals surface area contributed by atoms with E-state index in [0.717, 1.165) is 11.0 Å². The van der Waals surface area contributed by atoms with Crippen LogP contribution in [-0.2, 0) is 0 Å². The molecule has 0 unspecified atom stereocenters. The zero-order valence-electron chi connectivity index (χ0n) is 8.57. The van der Waals surface area contributed by atoms with Crippen LogP contribution < -0.4 is 4.43 Å². The Bertz CT molecular complexity index is 445. The number of nitrogens with zero attached hydrogens (tertiary/aromatic N) is 1. The molecule has 74 valence electrons. The third kappa shape index (κ3) is 1.80. The van der Waals surface area contributed by atoms with Gasteiger partial charge >= 0.3 is 0 Å². The van der Waals surface area contributed by atoms with Gasteiger partial charge in [-0.15, -0.1) is 0 Å². The van der Waals surface area contributed by atoms with Gasteiger partial charge in [0.25, 0.3) is 0 Å². The van der Waals surface area contributed by atoms with Crippen molar-refractivity contribution in [1.82, 2.24) is 5.16 Å². The van der Waals surface area contributed by atoms with E-state index < -0.39 is 8.32 Å². The van der Waals surface area contributed by atoms with Crippen LogP contribution in [0.5, 0.6) is 5.88 Å². The van der Waals surface area contributed by atoms with Crippen molar-refractivity contribution in [3.05, 3.63) is 24.3 Å². The molecule has 0 saturated heterocycles. The quantitative estimate of drug-likeness (QED) is 0.710. The van der Waals surface area contributed by atoms with E-state index in [1.807, 2.05) is 24.3 Å². The molecule has 2 rings (SSSR count). The minimum Gasteiger partial charge on any atom is -0.529 e. The van der Waals surface area contributed by atoms with Crippen LogP contribution in [0.15, 0.2) is 28.8 Å². The molecule has 0 fully saturated rings. The Morgan fingerprint density at radius 3 is 2.64 bits per heavy atom. The standard InChI is InChI=1S/C10H13NO2Si/c1-14(2,3)13-10-8-6-4-5-7-9(8)12-11-10/h4-7H,1-3H3. The molecule has 0 aliphatic heterocycles. The monoisotopic (exact) mass is 207 g/mol. The summed E-state index contributed by atoms with van der Waals surface area (Å²) >= 11 is 0. The third-order valence-corrected chi connectivity index (χ3v) is 2.55. The summed E-state index contributed by atoms with van der Waals surface area (Å²) in [5, 5.41) is 4.87. The average molecular weight is 207 g/mol. The lowest BCUT2D eigenvalue weighted by molar-refractivity contribution is 0.408. The van der Waals surface area contributed by atoms with Crippen LogP contribution >= 0.6 is 0 Å². The number of hydrogen-bond donors (Lipinski definition) is 0. The molecule has 4 heteroatoms. The van der Waals surface area contributed by atoms with Gasteiger partial charge in [-0.05, 0) is 36.9 Å². The first-order valence-corrected chi connectivity index (χ1v) is 8.00. The molecule has 0 atom stereocenters. The Hall–Kier alpha value is -1.29. The third-order valence-electron chi connectivity index (χ3n) is 1.75. The molecular formula is C10H13NO2Si. The molecule has 0 aliphatic carbocycles. The maximum Gasteiger partial charge on any atom is 0.248 e. The Balaban J connectivity index is 2.44. The van der Waals surface area contributed by atoms with Gasteiger partial charge in [-0.3, -0.25) is 0 Å². The summed E-state index contributed by atoms with van der Waals surface area (Å²) in [4.78, 5) is 0. The van der Waals surface area contributed by atoms with Gasteiger partial charge in [-0.2, -0.15) is 0 Å². The number of hydrogen-bond acceptors (Lipinski definition) is 3. The molecule has 14 heavy (non-hydrogen) atoms. The van der Waals surface area contributed by atoms with Gasteiger partial charge in [0.05, 0.1) is 5.39 Å². The fourth-order valence-corrected chi connectivity index (χ4v) is 1.95. The molecule has 0 N–H and O–H groups in total. The van der Waals surface area contributed by atoms with Gasteiger partial charge in [0, 0.05) is 0 Å². The van der Waals surface area contributed by atoms with Crippen molar-refractivity contribution in [3.8, 4) is 5.88 Å². The minimum atomic E-state index is -1.60. The van der Waals surface area contributed by atoms with E-state index in [9.17, 15) is 0 Å². The lowest BCUT2D eigenvalue weighted by atomic mass is 10.3. The van der Waals surface area contributed by atoms with Crippen molar-refractivity contribution in [2.45, 2.75) is 19.6 Å². The van der Waals surface area contributed by atoms with Crippen LogP contribution in [0.3, 0.4) is 0 Å². The van der Waals surface area contributed by atoms with Gasteiger partial charge in [0.1, 0.15) is 0 Å². The number of fused-ring (bicyclic) bond motifs is 1. The summed E-state index contributed by atoms with van der Waals surface area (Å²) in [5.41, 5.74) is 0.778. The van der Waals surface area contributed by atoms with Crippen LogP contribution in [0.2, 0.25) is 19.6 Å². The Labute approximate surface area is 83.8 Å². The van der Waals surface area contributed by atoms with Gasteiger partial charge in [0.15, 0.2) is 5.58 Å². The molecular weight excluding hydrogens is 194 g/mol. The Kier molecular flexibility index (Phi) is 2.07. The summed E-state index contributed by atoms with van der Waals surface area (Å²) in [6.07, 6.45) is 0. The number of benzene rings is 1. The Morgan fingerprint density at radius 2 is 1.93 bits per heavy atom. The maximum absolute atomic E-state index is 5.79. The zero-order valence-corrected chi connectivity index (χ0v) is 9.57. The molecule has 0 spiro atoms. The predicted octanol–water partition coefficient (Wildman–Crippen LogP) is 3.04. The highest BCUT2D eigenvalue weighted by Crippen LogP contribution is 2.26. The second kappa shape index (κ2) is 3.13. The first-order valence-electron chi connectivity index (χ1n) is 4.60. The van der Waals surface area contributed by atoms with Crippen LogP contribution in [0, 0.1) is 0 Å². The van der Waals surface area contributed by atoms with E-state index in [1.54, 1.807) is 0 Å². The van der Waals surface area contributed by atoms with E-state index in [-0.39, 0.29) is 0 Å². The predicted molar refractivity (Wildman–Crippen MR) is 58.0 cm³/mol. The van der Waals surface area contributed by atoms with E-state index in [4.69, 9.17) is 8.95 Å². The van der Waals surface area contributed by atoms with Crippen molar-refractivity contribution in [2.24, 2.45) is 0 Å². The Morgan fingerprint density at radius 1 is 1.21 bits per heavy atom. The number of aromatic nitrogens is 1. The van der Waals surface area contributed by atoms with E-state index in [2.05, 4.69) is 24.8 Å². The topological polar surface area (TPSA) is 35.3 Å². The molecule has 1 aromatic carbocycles. The van der Waals surface area contributed by atoms with Gasteiger partial charge in [0.2, 0.25) is 14.2 Å². The SMILES string of the molecule is C[Si](C)(C)Oc1noc2ccccc12. The maximum atomic E-state index is 5.79. The molecule has 0 radical (unpaired) electrons. The van der Waals surface area contributed by atoms with Crippen molar-refractivity contribution in [3.63, 3.8) is 0 Å². The average Bonchev–Trinajstić information content (AvgIpc) is 2.47. The number of para-hydroxylation sites is 1. The molecule has 0 aliphatic rings. The van der Waals surface area contributed by atoms with Crippen molar-refractivity contribution >= 4 is 19.3 Å². The zero-order chi connectivity index (χ0) is 10.2. The highest BCUT2D eigenvalue weighted by atomic mass is 28.4. The summed E-state index contributed by atoms with van der Waals surface area (Å²) < 4.78 is 10.9. The first kappa shape index (κ1) is 9.27. The second-order valence-corrected chi connectivity index (χ2v) is 8.63. The van der Waals surface area contributed by atoms with E-state index in [1.165, 1.54) is 0 Å². The summed E-state index contributed by atoms with van der Waals surface area (Å²) in [6.45, 7) is 6.36. The highest BCUT2D eigenvalue weighted by molar-refractivity contribution is 6.70. The molecule has 1 heterocycles. The first-order chi connectivity index (χ1) is 6.56. The van der Waals surface area contributed by atoms with Gasteiger partial charge < -0.3 is 8.95 Å². The summed E-state index contributed by atoms with van der Waals surface area (Å²) in [7, 11) is -1.60. The van der Waals surface area contributed by atoms with E-state index in [0.29, 0.717) is 5.88 Å². The second-order valence-electron chi connectivity index (χ2n) is 4.20.